The van der Waals surface area contributed by atoms with Crippen molar-refractivity contribution in [2.75, 3.05) is 7.11 Å². The van der Waals surface area contributed by atoms with Crippen LogP contribution in [0, 0.1) is 0 Å². The zero-order valence-electron chi connectivity index (χ0n) is 10.2. The van der Waals surface area contributed by atoms with E-state index in [1.54, 1.807) is 0 Å². The Kier molecular flexibility index (Phi) is 2.63. The van der Waals surface area contributed by atoms with E-state index in [4.69, 9.17) is 4.74 Å². The molecule has 0 saturated carbocycles. The van der Waals surface area contributed by atoms with E-state index < -0.39 is 0 Å². The predicted molar refractivity (Wildman–Crippen MR) is 71.0 cm³/mol. The second-order valence-electron chi connectivity index (χ2n) is 4.54. The minimum Gasteiger partial charge on any atom is -0.468 e. The van der Waals surface area contributed by atoms with Crippen LogP contribution in [0.25, 0.3) is 5.57 Å². The maximum absolute atomic E-state index is 12.0. The fourth-order valence-electron chi connectivity index (χ4n) is 2.71. The number of carbonyl (C=O) groups excluding carboxylic acids is 1. The molecular weight excluding hydrogens is 224 g/mol. The molecule has 2 aliphatic carbocycles. The number of carbonyl (C=O) groups is 1. The Labute approximate surface area is 106 Å². The number of rotatable bonds is 1. The molecule has 2 nitrogen and oxygen atoms in total. The fourth-order valence-corrected chi connectivity index (χ4v) is 2.71. The fraction of sp³-hybridized carbons (Fsp3) is 0.188. The topological polar surface area (TPSA) is 26.3 Å². The maximum atomic E-state index is 12.0. The number of benzene rings is 1. The number of hydrogen-bond donors (Lipinski definition) is 0. The van der Waals surface area contributed by atoms with E-state index in [1.165, 1.54) is 12.7 Å². The molecule has 1 unspecified atom stereocenters. The van der Waals surface area contributed by atoms with Crippen molar-refractivity contribution >= 4 is 11.5 Å². The van der Waals surface area contributed by atoms with Crippen LogP contribution in [0.5, 0.6) is 0 Å². The highest BCUT2D eigenvalue weighted by molar-refractivity contribution is 5.89. The van der Waals surface area contributed by atoms with Gasteiger partial charge in [0, 0.05) is 0 Å². The second-order valence-corrected chi connectivity index (χ2v) is 4.54. The Morgan fingerprint density at radius 1 is 1.22 bits per heavy atom. The van der Waals surface area contributed by atoms with E-state index in [9.17, 15) is 4.79 Å². The molecule has 1 aromatic rings. The lowest BCUT2D eigenvalue weighted by atomic mass is 9.76. The van der Waals surface area contributed by atoms with Crippen LogP contribution in [-0.2, 0) is 9.53 Å². The first-order valence-corrected chi connectivity index (χ1v) is 6.04. The van der Waals surface area contributed by atoms with Crippen molar-refractivity contribution in [2.24, 2.45) is 0 Å². The average molecular weight is 238 g/mol. The summed E-state index contributed by atoms with van der Waals surface area (Å²) in [6.07, 6.45) is 8.99. The van der Waals surface area contributed by atoms with Gasteiger partial charge < -0.3 is 4.74 Å². The Hall–Kier alpha value is -2.09. The summed E-state index contributed by atoms with van der Waals surface area (Å²) < 4.78 is 4.96. The minimum atomic E-state index is -0.258. The molecule has 2 bridgehead atoms. The van der Waals surface area contributed by atoms with Crippen molar-refractivity contribution in [3.63, 3.8) is 0 Å². The summed E-state index contributed by atoms with van der Waals surface area (Å²) in [6.45, 7) is 0. The number of allylic oxidation sites excluding steroid dienone is 5. The summed E-state index contributed by atoms with van der Waals surface area (Å²) >= 11 is 0. The maximum Gasteiger partial charge on any atom is 0.317 e. The molecule has 0 aliphatic heterocycles. The van der Waals surface area contributed by atoms with Crippen LogP contribution in [0.3, 0.4) is 0 Å². The average Bonchev–Trinajstić information content (AvgIpc) is 2.62. The van der Waals surface area contributed by atoms with Gasteiger partial charge in [-0.2, -0.15) is 0 Å². The molecule has 18 heavy (non-hydrogen) atoms. The molecule has 0 N–H and O–H groups in total. The molecule has 2 aliphatic rings. The van der Waals surface area contributed by atoms with Gasteiger partial charge in [-0.1, -0.05) is 48.6 Å². The van der Waals surface area contributed by atoms with Crippen LogP contribution in [0.2, 0.25) is 0 Å². The first-order valence-electron chi connectivity index (χ1n) is 6.04. The van der Waals surface area contributed by atoms with E-state index in [2.05, 4.69) is 12.1 Å². The third-order valence-electron chi connectivity index (χ3n) is 3.54. The number of methoxy groups -OCH3 is 1. The van der Waals surface area contributed by atoms with Crippen LogP contribution in [0.15, 0.2) is 54.1 Å². The molecule has 2 heteroatoms. The summed E-state index contributed by atoms with van der Waals surface area (Å²) in [5, 5.41) is 0. The zero-order chi connectivity index (χ0) is 12.5. The first kappa shape index (κ1) is 11.0. The van der Waals surface area contributed by atoms with Crippen LogP contribution < -0.4 is 0 Å². The lowest BCUT2D eigenvalue weighted by Gasteiger charge is -2.27. The highest BCUT2D eigenvalue weighted by atomic mass is 16.5. The molecule has 0 saturated heterocycles. The van der Waals surface area contributed by atoms with Crippen LogP contribution >= 0.6 is 0 Å². The van der Waals surface area contributed by atoms with Crippen LogP contribution in [-0.4, -0.2) is 13.1 Å². The predicted octanol–water partition coefficient (Wildman–Crippen LogP) is 3.23. The SMILES string of the molecule is COC(=O)C1C2=CC=CC=C(C2)c2ccccc21. The van der Waals surface area contributed by atoms with Gasteiger partial charge >= 0.3 is 5.97 Å². The van der Waals surface area contributed by atoms with Gasteiger partial charge in [0.25, 0.3) is 0 Å². The molecule has 0 amide bonds. The summed E-state index contributed by atoms with van der Waals surface area (Å²) in [5.74, 6) is -0.436. The Morgan fingerprint density at radius 3 is 2.83 bits per heavy atom. The largest absolute Gasteiger partial charge is 0.468 e. The lowest BCUT2D eigenvalue weighted by Crippen LogP contribution is -2.21. The number of hydrogen-bond acceptors (Lipinski definition) is 2. The normalized spacial score (nSPS) is 20.4. The van der Waals surface area contributed by atoms with Crippen molar-refractivity contribution in [2.45, 2.75) is 12.3 Å². The monoisotopic (exact) mass is 238 g/mol. The summed E-state index contributed by atoms with van der Waals surface area (Å²) in [6, 6.07) is 8.08. The molecule has 1 atom stereocenters. The van der Waals surface area contributed by atoms with E-state index in [-0.39, 0.29) is 11.9 Å². The molecule has 0 fully saturated rings. The number of ether oxygens (including phenoxy) is 1. The third-order valence-corrected chi connectivity index (χ3v) is 3.54. The Bertz CT molecular complexity index is 591. The van der Waals surface area contributed by atoms with Crippen molar-refractivity contribution in [3.8, 4) is 0 Å². The van der Waals surface area contributed by atoms with Crippen molar-refractivity contribution < 1.29 is 9.53 Å². The standard InChI is InChI=1S/C16H14O2/c1-18-16(17)15-12-7-3-2-6-11(10-12)13-8-4-5-9-14(13)15/h2-9,15H,10H2,1H3. The molecule has 0 aromatic heterocycles. The molecule has 90 valence electrons. The summed E-state index contributed by atoms with van der Waals surface area (Å²) in [4.78, 5) is 12.0. The van der Waals surface area contributed by atoms with E-state index >= 15 is 0 Å². The van der Waals surface area contributed by atoms with Gasteiger partial charge in [0.2, 0.25) is 0 Å². The van der Waals surface area contributed by atoms with Gasteiger partial charge in [-0.25, -0.2) is 0 Å². The third kappa shape index (κ3) is 1.61. The van der Waals surface area contributed by atoms with Gasteiger partial charge in [0.1, 0.15) is 5.92 Å². The van der Waals surface area contributed by atoms with Crippen molar-refractivity contribution in [1.29, 1.82) is 0 Å². The van der Waals surface area contributed by atoms with Gasteiger partial charge in [0.05, 0.1) is 7.11 Å². The Balaban J connectivity index is 2.23. The molecule has 0 spiro atoms. The lowest BCUT2D eigenvalue weighted by molar-refractivity contribution is -0.141. The van der Waals surface area contributed by atoms with Crippen molar-refractivity contribution in [1.82, 2.24) is 0 Å². The van der Waals surface area contributed by atoms with Gasteiger partial charge in [-0.05, 0) is 28.7 Å². The quantitative estimate of drug-likeness (QED) is 0.702. The zero-order valence-corrected chi connectivity index (χ0v) is 10.2. The van der Waals surface area contributed by atoms with Gasteiger partial charge in [-0.3, -0.25) is 4.79 Å². The molecule has 0 heterocycles. The van der Waals surface area contributed by atoms with Crippen LogP contribution in [0.4, 0.5) is 0 Å². The van der Waals surface area contributed by atoms with E-state index in [0.717, 1.165) is 23.1 Å². The smallest absolute Gasteiger partial charge is 0.317 e. The highest BCUT2D eigenvalue weighted by Crippen LogP contribution is 2.43. The second kappa shape index (κ2) is 4.30. The number of fused-ring (bicyclic) bond motifs is 4. The van der Waals surface area contributed by atoms with Crippen LogP contribution in [0.1, 0.15) is 23.5 Å². The first-order chi connectivity index (χ1) is 8.81. The molecule has 3 rings (SSSR count). The minimum absolute atomic E-state index is 0.178. The molecule has 1 aromatic carbocycles. The van der Waals surface area contributed by atoms with Gasteiger partial charge in [-0.15, -0.1) is 0 Å². The highest BCUT2D eigenvalue weighted by Gasteiger charge is 2.33. The van der Waals surface area contributed by atoms with E-state index in [0.29, 0.717) is 0 Å². The molecular formula is C16H14O2. The summed E-state index contributed by atoms with van der Waals surface area (Å²) in [7, 11) is 1.45. The summed E-state index contributed by atoms with van der Waals surface area (Å²) in [5.41, 5.74) is 4.60. The number of esters is 1. The molecule has 0 radical (unpaired) electrons. The van der Waals surface area contributed by atoms with E-state index in [1.807, 2.05) is 36.4 Å². The van der Waals surface area contributed by atoms with Gasteiger partial charge in [0.15, 0.2) is 0 Å². The van der Waals surface area contributed by atoms with Crippen molar-refractivity contribution in [3.05, 3.63) is 65.3 Å². The Morgan fingerprint density at radius 2 is 2.00 bits per heavy atom.